The second-order valence-electron chi connectivity index (χ2n) is 12.9. The molecule has 1 saturated carbocycles. The van der Waals surface area contributed by atoms with Crippen molar-refractivity contribution in [2.24, 2.45) is 29.6 Å². The summed E-state index contributed by atoms with van der Waals surface area (Å²) in [6.45, 7) is 11.1. The molecule has 2 heterocycles. The van der Waals surface area contributed by atoms with E-state index in [1.54, 1.807) is 12.1 Å². The number of likely N-dealkylation sites (tertiary alicyclic amines) is 2. The van der Waals surface area contributed by atoms with Crippen LogP contribution in [0.2, 0.25) is 0 Å². The maximum absolute atomic E-state index is 13.9. The lowest BCUT2D eigenvalue weighted by Crippen LogP contribution is -2.47. The Morgan fingerprint density at radius 3 is 1.95 bits per heavy atom. The average molecular weight is 588 g/mol. The zero-order valence-electron chi connectivity index (χ0n) is 22.9. The van der Waals surface area contributed by atoms with E-state index in [-0.39, 0.29) is 41.0 Å². The van der Waals surface area contributed by atoms with Crippen LogP contribution in [0.3, 0.4) is 0 Å². The summed E-state index contributed by atoms with van der Waals surface area (Å²) in [5.74, 6) is -3.78. The highest BCUT2D eigenvalue weighted by molar-refractivity contribution is 9.10. The minimum atomic E-state index is -0.701. The van der Waals surface area contributed by atoms with Crippen LogP contribution in [-0.4, -0.2) is 56.7 Å². The van der Waals surface area contributed by atoms with E-state index in [2.05, 4.69) is 15.9 Å². The molecule has 4 aliphatic rings. The Bertz CT molecular complexity index is 1290. The molecule has 0 spiro atoms. The van der Waals surface area contributed by atoms with Crippen molar-refractivity contribution in [1.29, 1.82) is 0 Å². The number of methoxy groups -OCH3 is 1. The first-order valence-corrected chi connectivity index (χ1v) is 13.9. The predicted molar refractivity (Wildman–Crippen MR) is 143 cm³/mol. The van der Waals surface area contributed by atoms with Gasteiger partial charge in [-0.2, -0.15) is 0 Å². The summed E-state index contributed by atoms with van der Waals surface area (Å²) >= 11 is 3.41. The number of benzene rings is 1. The Labute approximate surface area is 231 Å². The zero-order valence-corrected chi connectivity index (χ0v) is 24.5. The Kier molecular flexibility index (Phi) is 6.13. The SMILES string of the molecule is COc1cc([C@H]2C3=CC[C@@H]4C(=O)N(C(C)(C)C)C(=O)[C@@H]4[C@@H]3C[C@H]3C(=O)N(C(C)(C)C)C(=O)[C@@H]23)cc(Br)c1O. The fraction of sp³-hybridized carbons (Fsp3) is 0.586. The van der Waals surface area contributed by atoms with Gasteiger partial charge in [-0.3, -0.25) is 29.0 Å². The number of allylic oxidation sites excluding steroid dienone is 2. The third-order valence-electron chi connectivity index (χ3n) is 8.62. The summed E-state index contributed by atoms with van der Waals surface area (Å²) < 4.78 is 5.83. The number of imide groups is 2. The largest absolute Gasteiger partial charge is 0.503 e. The van der Waals surface area contributed by atoms with Gasteiger partial charge in [0, 0.05) is 17.0 Å². The Balaban J connectivity index is 1.69. The van der Waals surface area contributed by atoms with Crippen molar-refractivity contribution in [3.8, 4) is 11.5 Å². The standard InChI is InChI=1S/C29H35BrN2O6/c1-28(2,3)31-24(34)15-9-8-14-16(21(15)26(31)36)12-17-22(27(37)32(25(17)35)29(4,5)6)20(14)13-10-18(30)23(33)19(11-13)38-7/h8,10-11,15-17,20-22,33H,9,12H2,1-7H3/t15-,16+,17+,20-,21-,22+/m0/s1. The number of hydrogen-bond donors (Lipinski definition) is 1. The molecule has 8 nitrogen and oxygen atoms in total. The van der Waals surface area contributed by atoms with Crippen molar-refractivity contribution in [3.63, 3.8) is 0 Å². The lowest BCUT2D eigenvalue weighted by molar-refractivity contribution is -0.147. The molecule has 204 valence electrons. The zero-order chi connectivity index (χ0) is 28.1. The molecule has 0 unspecified atom stereocenters. The smallest absolute Gasteiger partial charge is 0.234 e. The van der Waals surface area contributed by atoms with E-state index in [1.807, 2.05) is 47.6 Å². The molecule has 1 aromatic rings. The van der Waals surface area contributed by atoms with E-state index in [1.165, 1.54) is 16.9 Å². The predicted octanol–water partition coefficient (Wildman–Crippen LogP) is 4.40. The molecule has 38 heavy (non-hydrogen) atoms. The van der Waals surface area contributed by atoms with Crippen LogP contribution in [-0.2, 0) is 19.2 Å². The molecule has 2 saturated heterocycles. The number of phenols is 1. The first-order chi connectivity index (χ1) is 17.6. The Hall–Kier alpha value is -2.68. The number of halogens is 1. The number of hydrogen-bond acceptors (Lipinski definition) is 6. The molecule has 5 rings (SSSR count). The van der Waals surface area contributed by atoms with E-state index in [4.69, 9.17) is 4.74 Å². The maximum Gasteiger partial charge on any atom is 0.234 e. The van der Waals surface area contributed by atoms with Crippen LogP contribution in [0.5, 0.6) is 11.5 Å². The average Bonchev–Trinajstić information content (AvgIpc) is 3.23. The number of ether oxygens (including phenoxy) is 1. The van der Waals surface area contributed by atoms with Crippen molar-refractivity contribution in [3.05, 3.63) is 33.8 Å². The highest BCUT2D eigenvalue weighted by Gasteiger charge is 2.63. The van der Waals surface area contributed by atoms with Crippen LogP contribution in [0.4, 0.5) is 0 Å². The molecule has 6 atom stereocenters. The third-order valence-corrected chi connectivity index (χ3v) is 9.22. The van der Waals surface area contributed by atoms with Crippen LogP contribution in [0.15, 0.2) is 28.3 Å². The molecule has 0 radical (unpaired) electrons. The maximum atomic E-state index is 13.9. The minimum Gasteiger partial charge on any atom is -0.503 e. The van der Waals surface area contributed by atoms with Gasteiger partial charge in [-0.15, -0.1) is 0 Å². The second kappa shape index (κ2) is 8.66. The number of carbonyl (C=O) groups excluding carboxylic acids is 4. The molecule has 9 heteroatoms. The lowest BCUT2D eigenvalue weighted by Gasteiger charge is -2.44. The van der Waals surface area contributed by atoms with E-state index in [0.29, 0.717) is 17.3 Å². The van der Waals surface area contributed by atoms with Gasteiger partial charge in [0.15, 0.2) is 11.5 Å². The van der Waals surface area contributed by atoms with Crippen molar-refractivity contribution in [1.82, 2.24) is 9.80 Å². The van der Waals surface area contributed by atoms with Crippen molar-refractivity contribution in [2.45, 2.75) is 71.4 Å². The highest BCUT2D eigenvalue weighted by Crippen LogP contribution is 2.59. The normalized spacial score (nSPS) is 31.3. The quantitative estimate of drug-likeness (QED) is 0.407. The van der Waals surface area contributed by atoms with Gasteiger partial charge in [0.25, 0.3) is 0 Å². The van der Waals surface area contributed by atoms with Crippen LogP contribution in [0.25, 0.3) is 0 Å². The summed E-state index contributed by atoms with van der Waals surface area (Å²) in [6.07, 6.45) is 2.77. The highest BCUT2D eigenvalue weighted by atomic mass is 79.9. The van der Waals surface area contributed by atoms with Gasteiger partial charge in [0.1, 0.15) is 0 Å². The van der Waals surface area contributed by atoms with Crippen molar-refractivity contribution in [2.75, 3.05) is 7.11 Å². The number of amides is 4. The van der Waals surface area contributed by atoms with Gasteiger partial charge >= 0.3 is 0 Å². The van der Waals surface area contributed by atoms with Gasteiger partial charge in [-0.05, 0) is 93.9 Å². The molecule has 1 N–H and O–H groups in total. The van der Waals surface area contributed by atoms with Gasteiger partial charge in [-0.1, -0.05) is 11.6 Å². The van der Waals surface area contributed by atoms with Crippen LogP contribution < -0.4 is 4.74 Å². The summed E-state index contributed by atoms with van der Waals surface area (Å²) in [5.41, 5.74) is 0.283. The van der Waals surface area contributed by atoms with Gasteiger partial charge in [-0.25, -0.2) is 0 Å². The lowest BCUT2D eigenvalue weighted by atomic mass is 9.57. The van der Waals surface area contributed by atoms with Crippen LogP contribution in [0, 0.1) is 29.6 Å². The third kappa shape index (κ3) is 3.75. The molecule has 0 aromatic heterocycles. The molecular formula is C29H35BrN2O6. The minimum absolute atomic E-state index is 0.0552. The molecule has 2 aliphatic heterocycles. The first-order valence-electron chi connectivity index (χ1n) is 13.1. The topological polar surface area (TPSA) is 104 Å². The number of phenolic OH excluding ortho intramolecular Hbond substituents is 1. The molecule has 1 aromatic carbocycles. The molecule has 4 amide bonds. The van der Waals surface area contributed by atoms with Crippen LogP contribution in [0.1, 0.15) is 65.9 Å². The van der Waals surface area contributed by atoms with Gasteiger partial charge in [0.2, 0.25) is 23.6 Å². The monoisotopic (exact) mass is 586 g/mol. The summed E-state index contributed by atoms with van der Waals surface area (Å²) in [4.78, 5) is 57.7. The fourth-order valence-electron chi connectivity index (χ4n) is 7.21. The van der Waals surface area contributed by atoms with E-state index in [9.17, 15) is 24.3 Å². The molecular weight excluding hydrogens is 552 g/mol. The number of carbonyl (C=O) groups is 4. The number of fused-ring (bicyclic) bond motifs is 4. The van der Waals surface area contributed by atoms with Gasteiger partial charge < -0.3 is 9.84 Å². The number of aromatic hydroxyl groups is 1. The molecule has 2 aliphatic carbocycles. The van der Waals surface area contributed by atoms with E-state index in [0.717, 1.165) is 11.1 Å². The molecule has 0 bridgehead atoms. The first kappa shape index (κ1) is 26.9. The summed E-state index contributed by atoms with van der Waals surface area (Å²) in [7, 11) is 1.46. The summed E-state index contributed by atoms with van der Waals surface area (Å²) in [6, 6.07) is 3.47. The Morgan fingerprint density at radius 2 is 1.39 bits per heavy atom. The molecule has 3 fully saturated rings. The Morgan fingerprint density at radius 1 is 0.842 bits per heavy atom. The van der Waals surface area contributed by atoms with Gasteiger partial charge in [0.05, 0.1) is 35.3 Å². The number of nitrogens with zero attached hydrogens (tertiary/aromatic N) is 2. The number of rotatable bonds is 2. The van der Waals surface area contributed by atoms with Crippen LogP contribution >= 0.6 is 15.9 Å². The fourth-order valence-corrected chi connectivity index (χ4v) is 7.67. The van der Waals surface area contributed by atoms with E-state index < -0.39 is 40.7 Å². The van der Waals surface area contributed by atoms with Crippen molar-refractivity contribution >= 4 is 39.6 Å². The summed E-state index contributed by atoms with van der Waals surface area (Å²) in [5, 5.41) is 10.5. The van der Waals surface area contributed by atoms with Crippen molar-refractivity contribution < 1.29 is 29.0 Å². The second-order valence-corrected chi connectivity index (χ2v) is 13.8. The van der Waals surface area contributed by atoms with E-state index >= 15 is 0 Å².